The van der Waals surface area contributed by atoms with E-state index in [4.69, 9.17) is 0 Å². The minimum absolute atomic E-state index is 0.109. The maximum atomic E-state index is 12.7. The highest BCUT2D eigenvalue weighted by Crippen LogP contribution is 2.34. The van der Waals surface area contributed by atoms with Crippen LogP contribution in [0.2, 0.25) is 0 Å². The molecule has 4 nitrogen and oxygen atoms in total. The van der Waals surface area contributed by atoms with Gasteiger partial charge in [0.2, 0.25) is 0 Å². The van der Waals surface area contributed by atoms with Crippen molar-refractivity contribution in [1.82, 2.24) is 0 Å². The highest BCUT2D eigenvalue weighted by Gasteiger charge is 2.47. The Bertz CT molecular complexity index is 620. The Morgan fingerprint density at radius 3 is 2.09 bits per heavy atom. The van der Waals surface area contributed by atoms with Crippen LogP contribution in [0.4, 0.5) is 24.5 Å². The zero-order valence-electron chi connectivity index (χ0n) is 13.0. The average molecular weight is 338 g/mol. The van der Waals surface area contributed by atoms with Crippen LogP contribution in [0.25, 0.3) is 0 Å². The van der Waals surface area contributed by atoms with Crippen molar-refractivity contribution in [2.45, 2.75) is 38.1 Å². The zero-order chi connectivity index (χ0) is 17.2. The molecule has 1 rings (SSSR count). The Hall–Kier alpha value is -1.44. The lowest BCUT2D eigenvalue weighted by molar-refractivity contribution is -0.0435. The van der Waals surface area contributed by atoms with E-state index in [-0.39, 0.29) is 5.41 Å². The van der Waals surface area contributed by atoms with E-state index in [2.05, 4.69) is 10.6 Å². The fraction of sp³-hybridized carbons (Fsp3) is 0.571. The normalized spacial score (nSPS) is 13.0. The number of hydrogen-bond acceptors (Lipinski definition) is 4. The quantitative estimate of drug-likeness (QED) is 0.856. The number of alkyl halides is 3. The van der Waals surface area contributed by atoms with E-state index >= 15 is 0 Å². The summed E-state index contributed by atoms with van der Waals surface area (Å²) in [6.45, 7) is 8.78. The molecule has 0 saturated carbocycles. The predicted molar refractivity (Wildman–Crippen MR) is 81.8 cm³/mol. The molecule has 0 spiro atoms. The first-order valence-electron chi connectivity index (χ1n) is 6.81. The minimum Gasteiger partial charge on any atom is -0.384 e. The molecule has 1 aromatic rings. The average Bonchev–Trinajstić information content (AvgIpc) is 2.35. The Morgan fingerprint density at radius 2 is 1.64 bits per heavy atom. The van der Waals surface area contributed by atoms with Crippen molar-refractivity contribution < 1.29 is 21.6 Å². The van der Waals surface area contributed by atoms with Gasteiger partial charge in [-0.15, -0.1) is 0 Å². The Labute approximate surface area is 129 Å². The predicted octanol–water partition coefficient (Wildman–Crippen LogP) is 3.87. The first-order valence-corrected chi connectivity index (χ1v) is 8.30. The third-order valence-corrected chi connectivity index (χ3v) is 4.27. The summed E-state index contributed by atoms with van der Waals surface area (Å²) >= 11 is 0. The van der Waals surface area contributed by atoms with Crippen molar-refractivity contribution >= 4 is 21.2 Å². The van der Waals surface area contributed by atoms with Crippen LogP contribution >= 0.6 is 0 Å². The van der Waals surface area contributed by atoms with Gasteiger partial charge in [-0.2, -0.15) is 13.2 Å². The molecule has 0 unspecified atom stereocenters. The summed E-state index contributed by atoms with van der Waals surface area (Å²) in [5.74, 6) is 0. The van der Waals surface area contributed by atoms with Crippen LogP contribution in [0, 0.1) is 5.41 Å². The third kappa shape index (κ3) is 4.53. The van der Waals surface area contributed by atoms with Gasteiger partial charge in [-0.25, -0.2) is 8.42 Å². The van der Waals surface area contributed by atoms with Gasteiger partial charge in [0.15, 0.2) is 0 Å². The molecule has 1 aromatic carbocycles. The Kier molecular flexibility index (Phi) is 5.38. The van der Waals surface area contributed by atoms with Crippen LogP contribution in [0.15, 0.2) is 23.1 Å². The molecule has 0 heterocycles. The second kappa shape index (κ2) is 6.36. The van der Waals surface area contributed by atoms with Gasteiger partial charge in [0, 0.05) is 13.1 Å². The molecule has 0 radical (unpaired) electrons. The van der Waals surface area contributed by atoms with Gasteiger partial charge in [-0.3, -0.25) is 0 Å². The van der Waals surface area contributed by atoms with Crippen LogP contribution in [0.1, 0.15) is 27.7 Å². The molecular formula is C14H21F3N2O2S. The number of rotatable bonds is 5. The lowest BCUT2D eigenvalue weighted by Crippen LogP contribution is -2.24. The van der Waals surface area contributed by atoms with E-state index < -0.39 is 20.2 Å². The van der Waals surface area contributed by atoms with E-state index in [1.165, 1.54) is 6.07 Å². The smallest absolute Gasteiger partial charge is 0.384 e. The molecule has 0 aromatic heterocycles. The molecule has 0 amide bonds. The number of hydrogen-bond donors (Lipinski definition) is 2. The summed E-state index contributed by atoms with van der Waals surface area (Å²) in [4.78, 5) is -0.766. The summed E-state index contributed by atoms with van der Waals surface area (Å²) in [5.41, 5.74) is -4.52. The van der Waals surface area contributed by atoms with Crippen molar-refractivity contribution in [2.24, 2.45) is 5.41 Å². The largest absolute Gasteiger partial charge is 0.501 e. The number of sulfone groups is 1. The first kappa shape index (κ1) is 18.6. The van der Waals surface area contributed by atoms with E-state index in [1.807, 2.05) is 27.7 Å². The lowest BCUT2D eigenvalue weighted by atomic mass is 9.97. The molecule has 22 heavy (non-hydrogen) atoms. The van der Waals surface area contributed by atoms with Crippen LogP contribution in [-0.4, -0.2) is 27.0 Å². The molecule has 126 valence electrons. The molecule has 0 fully saturated rings. The van der Waals surface area contributed by atoms with Gasteiger partial charge < -0.3 is 10.6 Å². The maximum absolute atomic E-state index is 12.7. The van der Waals surface area contributed by atoms with Gasteiger partial charge in [-0.1, -0.05) is 20.8 Å². The Morgan fingerprint density at radius 1 is 1.05 bits per heavy atom. The second-order valence-corrected chi connectivity index (χ2v) is 8.04. The fourth-order valence-electron chi connectivity index (χ4n) is 1.68. The number of benzene rings is 1. The first-order chi connectivity index (χ1) is 9.88. The number of nitrogens with one attached hydrogen (secondary N) is 2. The van der Waals surface area contributed by atoms with Gasteiger partial charge in [0.25, 0.3) is 9.84 Å². The van der Waals surface area contributed by atoms with Gasteiger partial charge >= 0.3 is 5.51 Å². The summed E-state index contributed by atoms with van der Waals surface area (Å²) < 4.78 is 61.0. The summed E-state index contributed by atoms with van der Waals surface area (Å²) in [6.07, 6.45) is 0. The molecule has 0 aliphatic heterocycles. The molecule has 0 aliphatic carbocycles. The topological polar surface area (TPSA) is 58.2 Å². The lowest BCUT2D eigenvalue weighted by Gasteiger charge is -2.22. The van der Waals surface area contributed by atoms with Crippen molar-refractivity contribution in [1.29, 1.82) is 0 Å². The van der Waals surface area contributed by atoms with Gasteiger partial charge in [0.05, 0.1) is 16.3 Å². The maximum Gasteiger partial charge on any atom is 0.501 e. The zero-order valence-corrected chi connectivity index (χ0v) is 13.8. The summed E-state index contributed by atoms with van der Waals surface area (Å²) in [6, 6.07) is 3.32. The van der Waals surface area contributed by atoms with Crippen LogP contribution in [0.5, 0.6) is 0 Å². The van der Waals surface area contributed by atoms with Crippen LogP contribution in [-0.2, 0) is 9.84 Å². The monoisotopic (exact) mass is 338 g/mol. The molecule has 2 N–H and O–H groups in total. The fourth-order valence-corrected chi connectivity index (χ4v) is 2.46. The molecular weight excluding hydrogens is 317 g/mol. The van der Waals surface area contributed by atoms with Crippen molar-refractivity contribution in [2.75, 3.05) is 23.7 Å². The molecule has 0 atom stereocenters. The number of anilines is 2. The highest BCUT2D eigenvalue weighted by molar-refractivity contribution is 7.92. The molecule has 0 aliphatic rings. The SMILES string of the molecule is CCNc1ccc(S(=O)(=O)C(F)(F)F)cc1NCC(C)(C)C. The van der Waals surface area contributed by atoms with E-state index in [1.54, 1.807) is 0 Å². The number of halogens is 3. The standard InChI is InChI=1S/C14H21F3N2O2S/c1-5-18-11-7-6-10(22(20,21)14(15,16)17)8-12(11)19-9-13(2,3)4/h6-8,18-19H,5,9H2,1-4H3. The summed E-state index contributed by atoms with van der Waals surface area (Å²) in [7, 11) is -5.35. The highest BCUT2D eigenvalue weighted by atomic mass is 32.2. The minimum atomic E-state index is -5.35. The molecule has 0 bridgehead atoms. The van der Waals surface area contributed by atoms with E-state index in [0.717, 1.165) is 12.1 Å². The van der Waals surface area contributed by atoms with Crippen molar-refractivity contribution in [3.63, 3.8) is 0 Å². The van der Waals surface area contributed by atoms with Crippen molar-refractivity contribution in [3.05, 3.63) is 18.2 Å². The van der Waals surface area contributed by atoms with E-state index in [9.17, 15) is 21.6 Å². The van der Waals surface area contributed by atoms with Crippen LogP contribution in [0.3, 0.4) is 0 Å². The molecule has 0 saturated heterocycles. The van der Waals surface area contributed by atoms with Gasteiger partial charge in [-0.05, 0) is 30.5 Å². The second-order valence-electron chi connectivity index (χ2n) is 6.10. The van der Waals surface area contributed by atoms with Crippen LogP contribution < -0.4 is 10.6 Å². The van der Waals surface area contributed by atoms with Crippen molar-refractivity contribution in [3.8, 4) is 0 Å². The van der Waals surface area contributed by atoms with Gasteiger partial charge in [0.1, 0.15) is 0 Å². The summed E-state index contributed by atoms with van der Waals surface area (Å²) in [5, 5.41) is 6.00. The van der Waals surface area contributed by atoms with E-state index in [0.29, 0.717) is 24.5 Å². The molecule has 8 heteroatoms. The third-order valence-electron chi connectivity index (χ3n) is 2.78. The Balaban J connectivity index is 3.25.